The molecule has 2 heterocycles. The minimum Gasteiger partial charge on any atom is -0.305 e. The molecular formula is C29H35FN4O3S. The highest BCUT2D eigenvalue weighted by molar-refractivity contribution is 7.89. The Balaban J connectivity index is 1.24. The molecule has 1 aliphatic carbocycles. The summed E-state index contributed by atoms with van der Waals surface area (Å²) < 4.78 is 42.8. The second-order valence-corrected chi connectivity index (χ2v) is 12.9. The molecule has 7 nitrogen and oxygen atoms in total. The van der Waals surface area contributed by atoms with Crippen LogP contribution >= 0.6 is 0 Å². The summed E-state index contributed by atoms with van der Waals surface area (Å²) in [4.78, 5) is 15.2. The molecular weight excluding hydrogens is 503 g/mol. The third-order valence-corrected chi connectivity index (χ3v) is 10.3. The van der Waals surface area contributed by atoms with Crippen LogP contribution in [0.3, 0.4) is 0 Å². The minimum absolute atomic E-state index is 0.0583. The van der Waals surface area contributed by atoms with Crippen LogP contribution in [-0.2, 0) is 21.2 Å². The van der Waals surface area contributed by atoms with Gasteiger partial charge in [0.2, 0.25) is 10.0 Å². The lowest BCUT2D eigenvalue weighted by molar-refractivity contribution is -0.122. The first-order valence-corrected chi connectivity index (χ1v) is 14.9. The smallest absolute Gasteiger partial charge is 0.243 e. The maximum Gasteiger partial charge on any atom is 0.243 e. The number of benzene rings is 2. The number of Topliss-reactive ketones (excluding diaryl/α,β-unsaturated/α-hetero) is 1. The number of carbonyl (C=O) groups excluding carboxylic acids is 1. The van der Waals surface area contributed by atoms with Gasteiger partial charge in [-0.25, -0.2) is 12.8 Å². The highest BCUT2D eigenvalue weighted by Gasteiger charge is 2.42. The van der Waals surface area contributed by atoms with E-state index < -0.39 is 21.8 Å². The summed E-state index contributed by atoms with van der Waals surface area (Å²) in [7, 11) is -1.60. The molecule has 4 atom stereocenters. The van der Waals surface area contributed by atoms with E-state index in [9.17, 15) is 18.5 Å². The van der Waals surface area contributed by atoms with Crippen LogP contribution in [0.2, 0.25) is 0 Å². The Morgan fingerprint density at radius 2 is 1.87 bits per heavy atom. The van der Waals surface area contributed by atoms with Crippen molar-refractivity contribution in [2.24, 2.45) is 11.8 Å². The molecule has 0 radical (unpaired) electrons. The number of rotatable bonds is 8. The van der Waals surface area contributed by atoms with Gasteiger partial charge in [0.15, 0.2) is 5.78 Å². The zero-order valence-electron chi connectivity index (χ0n) is 21.8. The number of halogens is 1. The summed E-state index contributed by atoms with van der Waals surface area (Å²) in [6, 6.07) is 13.9. The van der Waals surface area contributed by atoms with E-state index in [4.69, 9.17) is 0 Å². The summed E-state index contributed by atoms with van der Waals surface area (Å²) in [5.74, 6) is -0.580. The summed E-state index contributed by atoms with van der Waals surface area (Å²) in [6.07, 6.45) is 4.30. The van der Waals surface area contributed by atoms with E-state index in [0.29, 0.717) is 48.3 Å². The van der Waals surface area contributed by atoms with E-state index in [0.717, 1.165) is 32.2 Å². The van der Waals surface area contributed by atoms with Crippen molar-refractivity contribution in [1.82, 2.24) is 14.5 Å². The first kappa shape index (κ1) is 26.9. The summed E-state index contributed by atoms with van der Waals surface area (Å²) in [5.41, 5.74) is 1.74. The number of hydrogen-bond donors (Lipinski definition) is 1. The van der Waals surface area contributed by atoms with Crippen LogP contribution in [0.4, 0.5) is 4.39 Å². The second-order valence-electron chi connectivity index (χ2n) is 11.0. The van der Waals surface area contributed by atoms with Gasteiger partial charge in [-0.05, 0) is 86.5 Å². The maximum atomic E-state index is 15.1. The number of carbonyl (C=O) groups is 1. The summed E-state index contributed by atoms with van der Waals surface area (Å²) >= 11 is 0. The highest BCUT2D eigenvalue weighted by atomic mass is 32.2. The monoisotopic (exact) mass is 538 g/mol. The highest BCUT2D eigenvalue weighted by Crippen LogP contribution is 2.36. The number of sulfonamides is 1. The molecule has 2 saturated heterocycles. The van der Waals surface area contributed by atoms with Crippen molar-refractivity contribution in [3.8, 4) is 17.2 Å². The van der Waals surface area contributed by atoms with Crippen molar-refractivity contribution in [2.75, 3.05) is 33.2 Å². The fourth-order valence-corrected chi connectivity index (χ4v) is 7.61. The van der Waals surface area contributed by atoms with Gasteiger partial charge in [0, 0.05) is 32.1 Å². The lowest BCUT2D eigenvalue weighted by atomic mass is 9.88. The van der Waals surface area contributed by atoms with Crippen LogP contribution < -0.4 is 5.32 Å². The van der Waals surface area contributed by atoms with Gasteiger partial charge in [0.1, 0.15) is 5.82 Å². The van der Waals surface area contributed by atoms with Crippen molar-refractivity contribution in [2.45, 2.75) is 55.5 Å². The van der Waals surface area contributed by atoms with Gasteiger partial charge in [0.25, 0.3) is 0 Å². The zero-order chi connectivity index (χ0) is 26.9. The molecule has 0 spiro atoms. The molecule has 0 unspecified atom stereocenters. The molecule has 2 bridgehead atoms. The lowest BCUT2D eigenvalue weighted by Gasteiger charge is -2.22. The van der Waals surface area contributed by atoms with Crippen molar-refractivity contribution >= 4 is 15.8 Å². The van der Waals surface area contributed by atoms with Gasteiger partial charge < -0.3 is 10.2 Å². The molecule has 3 aliphatic rings. The first-order valence-electron chi connectivity index (χ1n) is 13.5. The standard InChI is InChI=1S/C29H35FN4O3S/c1-33-11-2-12-34(14-13-33)38(36,37)26-9-6-21(7-10-26)22-3-4-23(27(30)18-22)15-20(19-31)16-28(35)29-24-5-8-25(17-24)32-29/h3-4,6-7,9-10,18,20,24-25,29,32H,2,5,8,11-17H2,1H3/t20-,24+,25-,29+/m1/s1. The predicted octanol–water partition coefficient (Wildman–Crippen LogP) is 3.60. The average Bonchev–Trinajstić information content (AvgIpc) is 3.48. The fraction of sp³-hybridized carbons (Fsp3) is 0.517. The number of ketones is 1. The van der Waals surface area contributed by atoms with Crippen LogP contribution in [0.15, 0.2) is 47.4 Å². The number of nitriles is 1. The number of nitrogens with one attached hydrogen (secondary N) is 1. The third kappa shape index (κ3) is 5.69. The van der Waals surface area contributed by atoms with Crippen LogP contribution in [0.1, 0.15) is 37.7 Å². The number of fused-ring (bicyclic) bond motifs is 2. The van der Waals surface area contributed by atoms with E-state index in [-0.39, 0.29) is 29.6 Å². The number of nitrogens with zero attached hydrogens (tertiary/aromatic N) is 3. The number of hydrogen-bond acceptors (Lipinski definition) is 6. The van der Waals surface area contributed by atoms with Crippen molar-refractivity contribution in [3.63, 3.8) is 0 Å². The minimum atomic E-state index is -3.59. The normalized spacial score (nSPS) is 25.1. The van der Waals surface area contributed by atoms with Crippen molar-refractivity contribution < 1.29 is 17.6 Å². The molecule has 9 heteroatoms. The molecule has 3 fully saturated rings. The second kappa shape index (κ2) is 11.2. The number of likely N-dealkylation sites (N-methyl/N-ethyl adjacent to an activating group) is 1. The molecule has 38 heavy (non-hydrogen) atoms. The van der Waals surface area contributed by atoms with Gasteiger partial charge in [-0.2, -0.15) is 9.57 Å². The summed E-state index contributed by atoms with van der Waals surface area (Å²) in [5, 5.41) is 13.0. The zero-order valence-corrected chi connectivity index (χ0v) is 22.6. The molecule has 5 rings (SSSR count). The quantitative estimate of drug-likeness (QED) is 0.552. The first-order chi connectivity index (χ1) is 18.2. The van der Waals surface area contributed by atoms with Gasteiger partial charge in [-0.15, -0.1) is 0 Å². The van der Waals surface area contributed by atoms with E-state index >= 15 is 4.39 Å². The molecule has 0 aromatic heterocycles. The Hall–Kier alpha value is -2.64. The van der Waals surface area contributed by atoms with Crippen molar-refractivity contribution in [3.05, 3.63) is 53.8 Å². The Morgan fingerprint density at radius 3 is 2.53 bits per heavy atom. The van der Waals surface area contributed by atoms with Crippen molar-refractivity contribution in [1.29, 1.82) is 5.26 Å². The molecule has 202 valence electrons. The third-order valence-electron chi connectivity index (χ3n) is 8.36. The topological polar surface area (TPSA) is 93.5 Å². The van der Waals surface area contributed by atoms with Crippen LogP contribution in [0.25, 0.3) is 11.1 Å². The fourth-order valence-electron chi connectivity index (χ4n) is 6.14. The molecule has 1 N–H and O–H groups in total. The Labute approximate surface area is 224 Å². The molecule has 2 aliphatic heterocycles. The van der Waals surface area contributed by atoms with E-state index in [2.05, 4.69) is 16.3 Å². The van der Waals surface area contributed by atoms with Crippen LogP contribution in [0, 0.1) is 29.0 Å². The molecule has 2 aromatic rings. The molecule has 2 aromatic carbocycles. The predicted molar refractivity (Wildman–Crippen MR) is 143 cm³/mol. The van der Waals surface area contributed by atoms with E-state index in [1.165, 1.54) is 10.4 Å². The summed E-state index contributed by atoms with van der Waals surface area (Å²) in [6.45, 7) is 2.52. The number of piperidine rings is 1. The average molecular weight is 539 g/mol. The Kier molecular flexibility index (Phi) is 7.96. The van der Waals surface area contributed by atoms with Crippen LogP contribution in [0.5, 0.6) is 0 Å². The van der Waals surface area contributed by atoms with Crippen LogP contribution in [-0.4, -0.2) is 68.7 Å². The largest absolute Gasteiger partial charge is 0.305 e. The SMILES string of the molecule is CN1CCCN(S(=O)(=O)c2ccc(-c3ccc(C[C@@H](C#N)CC(=O)[C@H]4N[C@@H]5CC[C@H]4C5)c(F)c3)cc2)CC1. The Bertz CT molecular complexity index is 1320. The molecule has 0 amide bonds. The van der Waals surface area contributed by atoms with E-state index in [1.807, 2.05) is 7.05 Å². The van der Waals surface area contributed by atoms with Gasteiger partial charge in [-0.1, -0.05) is 24.3 Å². The van der Waals surface area contributed by atoms with Gasteiger partial charge in [-0.3, -0.25) is 4.79 Å². The van der Waals surface area contributed by atoms with Gasteiger partial charge in [0.05, 0.1) is 22.9 Å². The van der Waals surface area contributed by atoms with Gasteiger partial charge >= 0.3 is 0 Å². The van der Waals surface area contributed by atoms with E-state index in [1.54, 1.807) is 36.4 Å². The Morgan fingerprint density at radius 1 is 1.11 bits per heavy atom. The molecule has 1 saturated carbocycles. The lowest BCUT2D eigenvalue weighted by Crippen LogP contribution is -2.42. The maximum absolute atomic E-state index is 15.1.